The summed E-state index contributed by atoms with van der Waals surface area (Å²) in [5.74, 6) is -0.858. The van der Waals surface area contributed by atoms with Gasteiger partial charge in [-0.15, -0.1) is 6.58 Å². The number of sulfonamides is 1. The highest BCUT2D eigenvalue weighted by molar-refractivity contribution is 7.89. The van der Waals surface area contributed by atoms with Crippen molar-refractivity contribution in [2.24, 2.45) is 0 Å². The van der Waals surface area contributed by atoms with Gasteiger partial charge in [0, 0.05) is 6.04 Å². The minimum absolute atomic E-state index is 0.108. The minimum atomic E-state index is -3.94. The zero-order valence-corrected chi connectivity index (χ0v) is 10.3. The number of nitrogens with one attached hydrogen (secondary N) is 1. The van der Waals surface area contributed by atoms with E-state index in [1.165, 1.54) is 12.1 Å². The summed E-state index contributed by atoms with van der Waals surface area (Å²) >= 11 is 0. The molecule has 0 fully saturated rings. The molecule has 17 heavy (non-hydrogen) atoms. The molecule has 0 aliphatic heterocycles. The van der Waals surface area contributed by atoms with Crippen LogP contribution in [-0.2, 0) is 10.0 Å². The maximum absolute atomic E-state index is 13.5. The van der Waals surface area contributed by atoms with Crippen LogP contribution in [0.5, 0.6) is 0 Å². The van der Waals surface area contributed by atoms with Crippen molar-refractivity contribution in [3.8, 4) is 0 Å². The van der Waals surface area contributed by atoms with E-state index in [0.717, 1.165) is 6.07 Å². The van der Waals surface area contributed by atoms with Crippen molar-refractivity contribution in [1.29, 1.82) is 0 Å². The zero-order chi connectivity index (χ0) is 13.1. The number of benzene rings is 1. The SMILES string of the molecule is C=CCC(C)NS(=O)(=O)c1c(N)cccc1F. The second-order valence-corrected chi connectivity index (χ2v) is 5.36. The van der Waals surface area contributed by atoms with E-state index in [1.807, 2.05) is 0 Å². The van der Waals surface area contributed by atoms with Crippen LogP contribution in [-0.4, -0.2) is 14.5 Å². The van der Waals surface area contributed by atoms with Crippen molar-refractivity contribution >= 4 is 15.7 Å². The molecule has 0 radical (unpaired) electrons. The van der Waals surface area contributed by atoms with Gasteiger partial charge in [0.1, 0.15) is 10.7 Å². The van der Waals surface area contributed by atoms with Crippen molar-refractivity contribution in [1.82, 2.24) is 4.72 Å². The summed E-state index contributed by atoms with van der Waals surface area (Å²) in [7, 11) is -3.94. The average Bonchev–Trinajstić information content (AvgIpc) is 2.15. The fraction of sp³-hybridized carbons (Fsp3) is 0.273. The molecule has 0 aliphatic rings. The molecule has 0 saturated heterocycles. The third kappa shape index (κ3) is 3.28. The first kappa shape index (κ1) is 13.7. The largest absolute Gasteiger partial charge is 0.398 e. The van der Waals surface area contributed by atoms with Gasteiger partial charge in [-0.2, -0.15) is 0 Å². The Morgan fingerprint density at radius 3 is 2.76 bits per heavy atom. The van der Waals surface area contributed by atoms with Gasteiger partial charge in [-0.25, -0.2) is 17.5 Å². The highest BCUT2D eigenvalue weighted by atomic mass is 32.2. The molecule has 94 valence electrons. The molecule has 0 aromatic heterocycles. The zero-order valence-electron chi connectivity index (χ0n) is 9.48. The van der Waals surface area contributed by atoms with Crippen LogP contribution in [0.3, 0.4) is 0 Å². The first-order valence-corrected chi connectivity index (χ1v) is 6.54. The van der Waals surface area contributed by atoms with Crippen LogP contribution in [0.25, 0.3) is 0 Å². The van der Waals surface area contributed by atoms with Crippen molar-refractivity contribution in [2.45, 2.75) is 24.3 Å². The molecule has 1 unspecified atom stereocenters. The van der Waals surface area contributed by atoms with E-state index in [9.17, 15) is 12.8 Å². The molecule has 3 N–H and O–H groups in total. The predicted molar refractivity (Wildman–Crippen MR) is 65.4 cm³/mol. The standard InChI is InChI=1S/C11H15FN2O2S/c1-3-5-8(2)14-17(15,16)11-9(12)6-4-7-10(11)13/h3-4,6-8,14H,1,5,13H2,2H3. The number of nitrogen functional groups attached to an aromatic ring is 1. The molecule has 0 spiro atoms. The summed E-state index contributed by atoms with van der Waals surface area (Å²) in [6.45, 7) is 5.17. The number of hydrogen-bond donors (Lipinski definition) is 2. The maximum atomic E-state index is 13.5. The number of halogens is 1. The van der Waals surface area contributed by atoms with E-state index >= 15 is 0 Å². The summed E-state index contributed by atoms with van der Waals surface area (Å²) in [5.41, 5.74) is 5.37. The minimum Gasteiger partial charge on any atom is -0.398 e. The second kappa shape index (κ2) is 5.29. The Balaban J connectivity index is 3.10. The molecular formula is C11H15FN2O2S. The Bertz CT molecular complexity index is 494. The third-order valence-electron chi connectivity index (χ3n) is 2.14. The number of hydrogen-bond acceptors (Lipinski definition) is 3. The van der Waals surface area contributed by atoms with Gasteiger partial charge < -0.3 is 5.73 Å². The lowest BCUT2D eigenvalue weighted by Crippen LogP contribution is -2.33. The molecule has 0 bridgehead atoms. The fourth-order valence-corrected chi connectivity index (χ4v) is 2.88. The van der Waals surface area contributed by atoms with Gasteiger partial charge >= 0.3 is 0 Å². The number of rotatable bonds is 5. The molecule has 0 aliphatic carbocycles. The summed E-state index contributed by atoms with van der Waals surface area (Å²) in [5, 5.41) is 0. The molecule has 0 saturated carbocycles. The lowest BCUT2D eigenvalue weighted by atomic mass is 10.3. The Labute approximate surface area is 100 Å². The summed E-state index contributed by atoms with van der Waals surface area (Å²) in [6.07, 6.45) is 2.03. The van der Waals surface area contributed by atoms with Gasteiger partial charge in [-0.1, -0.05) is 12.1 Å². The van der Waals surface area contributed by atoms with Crippen molar-refractivity contribution < 1.29 is 12.8 Å². The average molecular weight is 258 g/mol. The third-order valence-corrected chi connectivity index (χ3v) is 3.82. The quantitative estimate of drug-likeness (QED) is 0.623. The van der Waals surface area contributed by atoms with E-state index in [1.54, 1.807) is 13.0 Å². The monoisotopic (exact) mass is 258 g/mol. The topological polar surface area (TPSA) is 72.2 Å². The lowest BCUT2D eigenvalue weighted by Gasteiger charge is -2.14. The Morgan fingerprint density at radius 2 is 2.24 bits per heavy atom. The van der Waals surface area contributed by atoms with Gasteiger partial charge in [0.15, 0.2) is 0 Å². The van der Waals surface area contributed by atoms with Crippen LogP contribution < -0.4 is 10.5 Å². The van der Waals surface area contributed by atoms with E-state index in [2.05, 4.69) is 11.3 Å². The van der Waals surface area contributed by atoms with Crippen molar-refractivity contribution in [3.05, 3.63) is 36.7 Å². The molecule has 4 nitrogen and oxygen atoms in total. The maximum Gasteiger partial charge on any atom is 0.245 e. The van der Waals surface area contributed by atoms with Crippen LogP contribution in [0.2, 0.25) is 0 Å². The van der Waals surface area contributed by atoms with E-state index in [-0.39, 0.29) is 11.7 Å². The van der Waals surface area contributed by atoms with E-state index in [0.29, 0.717) is 6.42 Å². The first-order valence-electron chi connectivity index (χ1n) is 5.05. The molecule has 1 rings (SSSR count). The van der Waals surface area contributed by atoms with Crippen LogP contribution >= 0.6 is 0 Å². The Morgan fingerprint density at radius 1 is 1.59 bits per heavy atom. The molecule has 1 aromatic carbocycles. The van der Waals surface area contributed by atoms with Crippen LogP contribution in [0.4, 0.5) is 10.1 Å². The Hall–Kier alpha value is -1.40. The second-order valence-electron chi connectivity index (χ2n) is 3.70. The highest BCUT2D eigenvalue weighted by Gasteiger charge is 2.23. The van der Waals surface area contributed by atoms with Crippen molar-refractivity contribution in [2.75, 3.05) is 5.73 Å². The summed E-state index contributed by atoms with van der Waals surface area (Å²) in [4.78, 5) is -0.504. The smallest absolute Gasteiger partial charge is 0.245 e. The highest BCUT2D eigenvalue weighted by Crippen LogP contribution is 2.21. The van der Waals surface area contributed by atoms with Gasteiger partial charge in [0.05, 0.1) is 5.69 Å². The molecular weight excluding hydrogens is 243 g/mol. The molecule has 1 atom stereocenters. The van der Waals surface area contributed by atoms with Gasteiger partial charge in [0.25, 0.3) is 0 Å². The van der Waals surface area contributed by atoms with Crippen molar-refractivity contribution in [3.63, 3.8) is 0 Å². The van der Waals surface area contributed by atoms with Crippen LogP contribution in [0, 0.1) is 5.82 Å². The van der Waals surface area contributed by atoms with Crippen LogP contribution in [0.1, 0.15) is 13.3 Å². The summed E-state index contributed by atoms with van der Waals surface area (Å²) in [6, 6.07) is 3.40. The first-order chi connectivity index (χ1) is 7.88. The Kier molecular flexibility index (Phi) is 4.25. The number of nitrogens with two attached hydrogens (primary N) is 1. The van der Waals surface area contributed by atoms with Gasteiger partial charge in [-0.3, -0.25) is 0 Å². The van der Waals surface area contributed by atoms with E-state index < -0.39 is 20.7 Å². The van der Waals surface area contributed by atoms with E-state index in [4.69, 9.17) is 5.73 Å². The molecule has 1 aromatic rings. The molecule has 0 amide bonds. The predicted octanol–water partition coefficient (Wildman–Crippen LogP) is 1.65. The molecule has 6 heteroatoms. The van der Waals surface area contributed by atoms with Gasteiger partial charge in [-0.05, 0) is 25.5 Å². The van der Waals surface area contributed by atoms with Crippen LogP contribution in [0.15, 0.2) is 35.7 Å². The fourth-order valence-electron chi connectivity index (χ4n) is 1.43. The van der Waals surface area contributed by atoms with Gasteiger partial charge in [0.2, 0.25) is 10.0 Å². The lowest BCUT2D eigenvalue weighted by molar-refractivity contribution is 0.545. The normalized spacial score (nSPS) is 13.3. The molecule has 0 heterocycles. The summed E-state index contributed by atoms with van der Waals surface area (Å²) < 4.78 is 39.6. The number of anilines is 1.